The van der Waals surface area contributed by atoms with Gasteiger partial charge >= 0.3 is 0 Å². The number of phenols is 1. The molecule has 5 heteroatoms. The zero-order valence-electron chi connectivity index (χ0n) is 14.2. The number of nitrogens with zero attached hydrogens (tertiary/aromatic N) is 2. The number of halogens is 1. The van der Waals surface area contributed by atoms with Gasteiger partial charge in [0.15, 0.2) is 0 Å². The Kier molecular flexibility index (Phi) is 8.62. The molecule has 1 aromatic heterocycles. The number of pyridine rings is 1. The van der Waals surface area contributed by atoms with E-state index in [2.05, 4.69) is 36.0 Å². The summed E-state index contributed by atoms with van der Waals surface area (Å²) in [6.45, 7) is 9.95. The zero-order chi connectivity index (χ0) is 15.9. The van der Waals surface area contributed by atoms with Gasteiger partial charge in [-0.25, -0.2) is 0 Å². The van der Waals surface area contributed by atoms with Gasteiger partial charge in [0.05, 0.1) is 11.2 Å². The van der Waals surface area contributed by atoms with Gasteiger partial charge in [0, 0.05) is 23.7 Å². The molecule has 2 rings (SSSR count). The molecule has 1 atom stereocenters. The quantitative estimate of drug-likeness (QED) is 0.608. The average Bonchev–Trinajstić information content (AvgIpc) is 2.51. The van der Waals surface area contributed by atoms with Crippen molar-refractivity contribution in [2.24, 2.45) is 0 Å². The largest absolute Gasteiger partial charge is 0.508 e. The molecule has 0 radical (unpaired) electrons. The Labute approximate surface area is 156 Å². The fourth-order valence-corrected chi connectivity index (χ4v) is 2.79. The van der Waals surface area contributed by atoms with Gasteiger partial charge in [0.1, 0.15) is 5.75 Å². The maximum absolute atomic E-state index is 9.86. The van der Waals surface area contributed by atoms with E-state index in [-0.39, 0.29) is 29.7 Å². The Morgan fingerprint density at radius 3 is 2.70 bits per heavy atom. The molecule has 23 heavy (non-hydrogen) atoms. The van der Waals surface area contributed by atoms with Crippen LogP contribution in [0.15, 0.2) is 30.5 Å². The van der Waals surface area contributed by atoms with Gasteiger partial charge in [-0.3, -0.25) is 4.98 Å². The molecule has 0 bridgehead atoms. The number of aromatic hydroxyl groups is 1. The molecule has 0 aliphatic carbocycles. The number of aromatic nitrogens is 1. The van der Waals surface area contributed by atoms with Gasteiger partial charge in [-0.15, -0.1) is 24.0 Å². The summed E-state index contributed by atoms with van der Waals surface area (Å²) in [5, 5.41) is 14.3. The summed E-state index contributed by atoms with van der Waals surface area (Å²) in [4.78, 5) is 6.87. The SMILES string of the molecule is CCN(CC)CCCC(C)Nc1cc(O)cc2cccnc12.I. The molecule has 2 N–H and O–H groups in total. The standard InChI is InChI=1S/C18H27N3O.HI/c1-4-21(5-2)11-7-8-14(3)20-17-13-16(22)12-15-9-6-10-19-18(15)17;/h6,9-10,12-14,20,22H,4-5,7-8,11H2,1-3H3;1H. The van der Waals surface area contributed by atoms with E-state index >= 15 is 0 Å². The van der Waals surface area contributed by atoms with Crippen LogP contribution in [0.1, 0.15) is 33.6 Å². The van der Waals surface area contributed by atoms with Crippen LogP contribution in [-0.4, -0.2) is 40.7 Å². The first-order valence-electron chi connectivity index (χ1n) is 8.20. The normalized spacial score (nSPS) is 12.2. The molecule has 1 unspecified atom stereocenters. The lowest BCUT2D eigenvalue weighted by Crippen LogP contribution is -2.25. The number of benzene rings is 1. The highest BCUT2D eigenvalue weighted by molar-refractivity contribution is 14.0. The molecule has 0 saturated carbocycles. The molecule has 0 fully saturated rings. The molecule has 4 nitrogen and oxygen atoms in total. The van der Waals surface area contributed by atoms with E-state index in [9.17, 15) is 5.11 Å². The molecule has 128 valence electrons. The van der Waals surface area contributed by atoms with Crippen LogP contribution in [-0.2, 0) is 0 Å². The summed E-state index contributed by atoms with van der Waals surface area (Å²) >= 11 is 0. The second-order valence-corrected chi connectivity index (χ2v) is 5.78. The second-order valence-electron chi connectivity index (χ2n) is 5.78. The van der Waals surface area contributed by atoms with Crippen molar-refractivity contribution < 1.29 is 5.11 Å². The Morgan fingerprint density at radius 1 is 1.26 bits per heavy atom. The lowest BCUT2D eigenvalue weighted by molar-refractivity contribution is 0.295. The topological polar surface area (TPSA) is 48.4 Å². The van der Waals surface area contributed by atoms with E-state index in [4.69, 9.17) is 0 Å². The van der Waals surface area contributed by atoms with Crippen molar-refractivity contribution in [3.05, 3.63) is 30.5 Å². The van der Waals surface area contributed by atoms with E-state index in [1.165, 1.54) is 6.42 Å². The lowest BCUT2D eigenvalue weighted by Gasteiger charge is -2.20. The first-order chi connectivity index (χ1) is 10.6. The van der Waals surface area contributed by atoms with Crippen LogP contribution in [0.2, 0.25) is 0 Å². The molecule has 1 heterocycles. The number of anilines is 1. The van der Waals surface area contributed by atoms with Crippen LogP contribution in [0, 0.1) is 0 Å². The van der Waals surface area contributed by atoms with Crippen LogP contribution < -0.4 is 5.32 Å². The summed E-state index contributed by atoms with van der Waals surface area (Å²) < 4.78 is 0. The van der Waals surface area contributed by atoms with Gasteiger partial charge in [-0.2, -0.15) is 0 Å². The molecule has 0 spiro atoms. The Morgan fingerprint density at radius 2 is 2.00 bits per heavy atom. The minimum atomic E-state index is 0. The van der Waals surface area contributed by atoms with E-state index < -0.39 is 0 Å². The van der Waals surface area contributed by atoms with Crippen molar-refractivity contribution in [2.75, 3.05) is 25.0 Å². The minimum Gasteiger partial charge on any atom is -0.508 e. The molecule has 0 amide bonds. The van der Waals surface area contributed by atoms with Crippen molar-refractivity contribution in [3.8, 4) is 5.75 Å². The third-order valence-corrected chi connectivity index (χ3v) is 4.10. The predicted molar refractivity (Wildman–Crippen MR) is 109 cm³/mol. The smallest absolute Gasteiger partial charge is 0.118 e. The number of nitrogens with one attached hydrogen (secondary N) is 1. The van der Waals surface area contributed by atoms with Crippen LogP contribution >= 0.6 is 24.0 Å². The van der Waals surface area contributed by atoms with Crippen molar-refractivity contribution in [1.29, 1.82) is 0 Å². The van der Waals surface area contributed by atoms with Crippen molar-refractivity contribution in [1.82, 2.24) is 9.88 Å². The first-order valence-corrected chi connectivity index (χ1v) is 8.20. The maximum atomic E-state index is 9.86. The maximum Gasteiger partial charge on any atom is 0.118 e. The number of hydrogen-bond acceptors (Lipinski definition) is 4. The van der Waals surface area contributed by atoms with Crippen molar-refractivity contribution in [3.63, 3.8) is 0 Å². The summed E-state index contributed by atoms with van der Waals surface area (Å²) in [6, 6.07) is 7.72. The highest BCUT2D eigenvalue weighted by atomic mass is 127. The highest BCUT2D eigenvalue weighted by Gasteiger charge is 2.09. The molecule has 0 saturated heterocycles. The molecular weight excluding hydrogens is 401 g/mol. The molecule has 2 aromatic rings. The third kappa shape index (κ3) is 5.80. The fourth-order valence-electron chi connectivity index (χ4n) is 2.79. The average molecular weight is 429 g/mol. The fraction of sp³-hybridized carbons (Fsp3) is 0.500. The summed E-state index contributed by atoms with van der Waals surface area (Å²) in [5.41, 5.74) is 1.82. The van der Waals surface area contributed by atoms with Gasteiger partial charge in [-0.05, 0) is 51.5 Å². The van der Waals surface area contributed by atoms with Gasteiger partial charge in [0.2, 0.25) is 0 Å². The van der Waals surface area contributed by atoms with E-state index in [1.54, 1.807) is 18.3 Å². The Hall–Kier alpha value is -1.08. The molecule has 0 aliphatic heterocycles. The Balaban J connectivity index is 0.00000264. The van der Waals surface area contributed by atoms with Crippen LogP contribution in [0.5, 0.6) is 5.75 Å². The van der Waals surface area contributed by atoms with Crippen molar-refractivity contribution in [2.45, 2.75) is 39.7 Å². The first kappa shape index (κ1) is 20.0. The third-order valence-electron chi connectivity index (χ3n) is 4.10. The van der Waals surface area contributed by atoms with Crippen LogP contribution in [0.3, 0.4) is 0 Å². The number of phenolic OH excluding ortho intramolecular Hbond substituents is 1. The Bertz CT molecular complexity index is 602. The number of fused-ring (bicyclic) bond motifs is 1. The molecular formula is C18H28IN3O. The van der Waals surface area contributed by atoms with E-state index in [0.717, 1.165) is 42.6 Å². The van der Waals surface area contributed by atoms with Gasteiger partial charge < -0.3 is 15.3 Å². The van der Waals surface area contributed by atoms with Crippen molar-refractivity contribution >= 4 is 40.6 Å². The second kappa shape index (κ2) is 9.93. The minimum absolute atomic E-state index is 0. The molecule has 0 aliphatic rings. The summed E-state index contributed by atoms with van der Waals surface area (Å²) in [5.74, 6) is 0.276. The summed E-state index contributed by atoms with van der Waals surface area (Å²) in [7, 11) is 0. The summed E-state index contributed by atoms with van der Waals surface area (Å²) in [6.07, 6.45) is 4.05. The van der Waals surface area contributed by atoms with E-state index in [0.29, 0.717) is 6.04 Å². The zero-order valence-corrected chi connectivity index (χ0v) is 16.6. The van der Waals surface area contributed by atoms with Crippen LogP contribution in [0.4, 0.5) is 5.69 Å². The highest BCUT2D eigenvalue weighted by Crippen LogP contribution is 2.27. The van der Waals surface area contributed by atoms with Gasteiger partial charge in [-0.1, -0.05) is 19.9 Å². The lowest BCUT2D eigenvalue weighted by atomic mass is 10.1. The predicted octanol–water partition coefficient (Wildman–Crippen LogP) is 4.48. The van der Waals surface area contributed by atoms with Crippen LogP contribution in [0.25, 0.3) is 10.9 Å². The molecule has 1 aromatic carbocycles. The van der Waals surface area contributed by atoms with Gasteiger partial charge in [0.25, 0.3) is 0 Å². The monoisotopic (exact) mass is 429 g/mol. The number of hydrogen-bond donors (Lipinski definition) is 2. The van der Waals surface area contributed by atoms with E-state index in [1.807, 2.05) is 12.1 Å². The number of rotatable bonds is 8.